The highest BCUT2D eigenvalue weighted by Gasteiger charge is 2.34. The second-order valence-electron chi connectivity index (χ2n) is 7.99. The maximum absolute atomic E-state index is 13.3. The Morgan fingerprint density at radius 2 is 1.90 bits per heavy atom. The summed E-state index contributed by atoms with van der Waals surface area (Å²) in [5.74, 6) is 0.334. The van der Waals surface area contributed by atoms with Gasteiger partial charge in [0.25, 0.3) is 0 Å². The van der Waals surface area contributed by atoms with Crippen molar-refractivity contribution in [1.29, 1.82) is 0 Å². The number of hydrogen-bond donors (Lipinski definition) is 2. The lowest BCUT2D eigenvalue weighted by Crippen LogP contribution is -2.41. The molecule has 0 atom stereocenters. The second kappa shape index (κ2) is 8.97. The van der Waals surface area contributed by atoms with E-state index in [2.05, 4.69) is 15.1 Å². The monoisotopic (exact) mass is 444 g/mol. The van der Waals surface area contributed by atoms with E-state index in [1.165, 1.54) is 29.2 Å². The molecular weight excluding hydrogens is 417 g/mol. The molecule has 1 heterocycles. The number of anilines is 1. The number of benzene rings is 1. The topological polar surface area (TPSA) is 76.0 Å². The molecule has 6 nitrogen and oxygen atoms in total. The van der Waals surface area contributed by atoms with Crippen LogP contribution in [0, 0.1) is 5.92 Å². The third-order valence-corrected chi connectivity index (χ3v) is 7.35. The smallest absolute Gasteiger partial charge is 0.385 e. The van der Waals surface area contributed by atoms with Crippen LogP contribution in [0.5, 0.6) is 0 Å². The Labute approximate surface area is 174 Å². The van der Waals surface area contributed by atoms with E-state index in [1.807, 2.05) is 0 Å². The molecule has 0 radical (unpaired) electrons. The summed E-state index contributed by atoms with van der Waals surface area (Å²) >= 11 is 0. The summed E-state index contributed by atoms with van der Waals surface area (Å²) in [4.78, 5) is 0. The maximum atomic E-state index is 13.3. The number of hydrogen-bond acceptors (Lipinski definition) is 4. The molecule has 1 fully saturated rings. The van der Waals surface area contributed by atoms with E-state index in [0.29, 0.717) is 18.2 Å². The van der Waals surface area contributed by atoms with E-state index >= 15 is 0 Å². The first-order chi connectivity index (χ1) is 14.1. The van der Waals surface area contributed by atoms with E-state index < -0.39 is 27.0 Å². The van der Waals surface area contributed by atoms with Gasteiger partial charge in [-0.3, -0.25) is 0 Å². The molecule has 0 aliphatic heterocycles. The third kappa shape index (κ3) is 5.54. The van der Waals surface area contributed by atoms with E-state index in [1.54, 1.807) is 19.9 Å². The molecule has 1 aliphatic rings. The van der Waals surface area contributed by atoms with Crippen molar-refractivity contribution in [3.63, 3.8) is 0 Å². The summed E-state index contributed by atoms with van der Waals surface area (Å²) < 4.78 is 68.0. The molecule has 0 amide bonds. The van der Waals surface area contributed by atoms with Crippen molar-refractivity contribution >= 4 is 15.7 Å². The van der Waals surface area contributed by atoms with Crippen molar-refractivity contribution in [2.75, 3.05) is 11.9 Å². The second-order valence-corrected chi connectivity index (χ2v) is 10.3. The molecular formula is C20H27F3N4O2S. The largest absolute Gasteiger partial charge is 0.418 e. The Morgan fingerprint density at radius 3 is 2.47 bits per heavy atom. The van der Waals surface area contributed by atoms with Crippen LogP contribution in [0.15, 0.2) is 36.7 Å². The highest BCUT2D eigenvalue weighted by molar-refractivity contribution is 7.90. The first-order valence-corrected chi connectivity index (χ1v) is 11.6. The number of nitrogens with zero attached hydrogens (tertiary/aromatic N) is 2. The lowest BCUT2D eigenvalue weighted by atomic mass is 9.86. The molecule has 0 spiro atoms. The van der Waals surface area contributed by atoms with E-state index in [0.717, 1.165) is 31.7 Å². The van der Waals surface area contributed by atoms with Crippen LogP contribution in [0.25, 0.3) is 5.69 Å². The molecule has 3 rings (SSSR count). The summed E-state index contributed by atoms with van der Waals surface area (Å²) in [7, 11) is -3.28. The van der Waals surface area contributed by atoms with Gasteiger partial charge in [0.05, 0.1) is 16.5 Å². The standard InChI is InChI=1S/C20H27F3N4O2S/c1-14(2)30(28,29)26-16-6-4-15(5-7-16)13-24-17-8-9-18(20(21,22)23)19(12-17)27-11-3-10-25-27/h3,8-12,14-16,24,26H,4-7,13H2,1-2H3. The van der Waals surface area contributed by atoms with E-state index in [4.69, 9.17) is 0 Å². The molecule has 1 aliphatic carbocycles. The molecule has 30 heavy (non-hydrogen) atoms. The average molecular weight is 445 g/mol. The van der Waals surface area contributed by atoms with Crippen molar-refractivity contribution in [2.45, 2.75) is 57.0 Å². The number of halogens is 3. The molecule has 10 heteroatoms. The van der Waals surface area contributed by atoms with Gasteiger partial charge in [0.1, 0.15) is 0 Å². The zero-order chi connectivity index (χ0) is 21.9. The molecule has 0 saturated heterocycles. The fraction of sp³-hybridized carbons (Fsp3) is 0.550. The van der Waals surface area contributed by atoms with Crippen LogP contribution >= 0.6 is 0 Å². The molecule has 2 aromatic rings. The first kappa shape index (κ1) is 22.6. The molecule has 166 valence electrons. The van der Waals surface area contributed by atoms with Gasteiger partial charge in [-0.1, -0.05) is 0 Å². The van der Waals surface area contributed by atoms with E-state index in [-0.39, 0.29) is 11.7 Å². The Hall–Kier alpha value is -2.07. The van der Waals surface area contributed by atoms with Crippen LogP contribution in [0.2, 0.25) is 0 Å². The fourth-order valence-corrected chi connectivity index (χ4v) is 4.57. The van der Waals surface area contributed by atoms with Gasteiger partial charge in [0.2, 0.25) is 10.0 Å². The van der Waals surface area contributed by atoms with Crippen molar-refractivity contribution in [2.24, 2.45) is 5.92 Å². The zero-order valence-electron chi connectivity index (χ0n) is 17.0. The maximum Gasteiger partial charge on any atom is 0.418 e. The predicted octanol–water partition coefficient (Wildman–Crippen LogP) is 4.19. The number of sulfonamides is 1. The molecule has 1 aromatic heterocycles. The Kier molecular flexibility index (Phi) is 6.76. The quantitative estimate of drug-likeness (QED) is 0.672. The molecule has 1 saturated carbocycles. The highest BCUT2D eigenvalue weighted by atomic mass is 32.2. The summed E-state index contributed by atoms with van der Waals surface area (Å²) in [5.41, 5.74) is -0.171. The van der Waals surface area contributed by atoms with Crippen LogP contribution in [0.4, 0.5) is 18.9 Å². The number of rotatable bonds is 7. The average Bonchev–Trinajstić information content (AvgIpc) is 3.21. The third-order valence-electron chi connectivity index (χ3n) is 5.45. The van der Waals surface area contributed by atoms with Crippen molar-refractivity contribution in [3.05, 3.63) is 42.2 Å². The minimum atomic E-state index is -4.47. The molecule has 0 bridgehead atoms. The lowest BCUT2D eigenvalue weighted by Gasteiger charge is -2.30. The van der Waals surface area contributed by atoms with Crippen LogP contribution in [0.3, 0.4) is 0 Å². The summed E-state index contributed by atoms with van der Waals surface area (Å²) in [5, 5.41) is 6.71. The Morgan fingerprint density at radius 1 is 1.20 bits per heavy atom. The lowest BCUT2D eigenvalue weighted by molar-refractivity contribution is -0.137. The SMILES string of the molecule is CC(C)S(=O)(=O)NC1CCC(CNc2ccc(C(F)(F)F)c(-n3cccn3)c2)CC1. The van der Waals surface area contributed by atoms with Gasteiger partial charge >= 0.3 is 6.18 Å². The minimum Gasteiger partial charge on any atom is -0.385 e. The Bertz CT molecular complexity index is 935. The van der Waals surface area contributed by atoms with Crippen molar-refractivity contribution in [3.8, 4) is 5.69 Å². The molecule has 2 N–H and O–H groups in total. The predicted molar refractivity (Wildman–Crippen MR) is 110 cm³/mol. The minimum absolute atomic E-state index is 0.0238. The van der Waals surface area contributed by atoms with Crippen LogP contribution in [0.1, 0.15) is 45.1 Å². The number of alkyl halides is 3. The zero-order valence-corrected chi connectivity index (χ0v) is 17.8. The van der Waals surface area contributed by atoms with Gasteiger partial charge in [-0.2, -0.15) is 18.3 Å². The molecule has 1 aromatic carbocycles. The van der Waals surface area contributed by atoms with Gasteiger partial charge in [0, 0.05) is 30.7 Å². The molecule has 0 unspecified atom stereocenters. The normalized spacial score (nSPS) is 20.5. The van der Waals surface area contributed by atoms with Gasteiger partial charge in [-0.15, -0.1) is 0 Å². The summed E-state index contributed by atoms with van der Waals surface area (Å²) in [6, 6.07) is 5.48. The van der Waals surface area contributed by atoms with Crippen molar-refractivity contribution in [1.82, 2.24) is 14.5 Å². The van der Waals surface area contributed by atoms with Crippen LogP contribution < -0.4 is 10.0 Å². The fourth-order valence-electron chi connectivity index (χ4n) is 3.60. The number of aromatic nitrogens is 2. The van der Waals surface area contributed by atoms with Gasteiger partial charge in [-0.05, 0) is 69.7 Å². The van der Waals surface area contributed by atoms with Crippen LogP contribution in [-0.4, -0.2) is 36.0 Å². The summed E-state index contributed by atoms with van der Waals surface area (Å²) in [6.07, 6.45) is 1.66. The van der Waals surface area contributed by atoms with Gasteiger partial charge in [0.15, 0.2) is 0 Å². The number of nitrogens with one attached hydrogen (secondary N) is 2. The van der Waals surface area contributed by atoms with Gasteiger partial charge < -0.3 is 5.32 Å². The van der Waals surface area contributed by atoms with Crippen LogP contribution in [-0.2, 0) is 16.2 Å². The van der Waals surface area contributed by atoms with Crippen molar-refractivity contribution < 1.29 is 21.6 Å². The first-order valence-electron chi connectivity index (χ1n) is 10.0. The van der Waals surface area contributed by atoms with Gasteiger partial charge in [-0.25, -0.2) is 17.8 Å². The highest BCUT2D eigenvalue weighted by Crippen LogP contribution is 2.35. The Balaban J connectivity index is 1.60. The summed E-state index contributed by atoms with van der Waals surface area (Å²) in [6.45, 7) is 3.92. The van der Waals surface area contributed by atoms with E-state index in [9.17, 15) is 21.6 Å².